The van der Waals surface area contributed by atoms with Gasteiger partial charge in [-0.2, -0.15) is 17.6 Å². The number of pyridine rings is 2. The lowest BCUT2D eigenvalue weighted by molar-refractivity contribution is -0.137. The zero-order chi connectivity index (χ0) is 19.4. The summed E-state index contributed by atoms with van der Waals surface area (Å²) in [6, 6.07) is 4.79. The van der Waals surface area contributed by atoms with E-state index in [-0.39, 0.29) is 37.7 Å². The predicted octanol–water partition coefficient (Wildman–Crippen LogP) is 2.55. The van der Waals surface area contributed by atoms with E-state index in [1.165, 1.54) is 23.2 Å². The summed E-state index contributed by atoms with van der Waals surface area (Å²) in [5.41, 5.74) is -1.01. The number of alkyl halides is 3. The molecule has 1 saturated heterocycles. The molecule has 6 nitrogen and oxygen atoms in total. The van der Waals surface area contributed by atoms with E-state index in [2.05, 4.69) is 9.97 Å². The van der Waals surface area contributed by atoms with E-state index in [4.69, 9.17) is 9.47 Å². The minimum Gasteiger partial charge on any atom is -0.475 e. The number of hydrogen-bond donors (Lipinski definition) is 0. The molecule has 1 fully saturated rings. The van der Waals surface area contributed by atoms with Crippen molar-refractivity contribution in [1.82, 2.24) is 14.9 Å². The molecular formula is C17H15F4N3O3. The second-order valence-electron chi connectivity index (χ2n) is 5.78. The lowest BCUT2D eigenvalue weighted by Crippen LogP contribution is -2.47. The predicted molar refractivity (Wildman–Crippen MR) is 84.6 cm³/mol. The summed E-state index contributed by atoms with van der Waals surface area (Å²) < 4.78 is 62.0. The van der Waals surface area contributed by atoms with Crippen molar-refractivity contribution >= 4 is 5.91 Å². The first-order chi connectivity index (χ1) is 12.8. The molecule has 10 heteroatoms. The molecule has 0 aliphatic carbocycles. The molecule has 0 spiro atoms. The fourth-order valence-electron chi connectivity index (χ4n) is 2.53. The summed E-state index contributed by atoms with van der Waals surface area (Å²) >= 11 is 0. The molecule has 1 aliphatic heterocycles. The van der Waals surface area contributed by atoms with E-state index in [1.807, 2.05) is 0 Å². The van der Waals surface area contributed by atoms with Gasteiger partial charge in [0.2, 0.25) is 11.8 Å². The Balaban J connectivity index is 1.57. The van der Waals surface area contributed by atoms with Gasteiger partial charge in [-0.3, -0.25) is 4.79 Å². The third-order valence-electron chi connectivity index (χ3n) is 3.90. The number of morpholine rings is 1. The first-order valence-corrected chi connectivity index (χ1v) is 8.02. The molecule has 2 aromatic heterocycles. The van der Waals surface area contributed by atoms with Crippen molar-refractivity contribution in [3.05, 3.63) is 53.7 Å². The highest BCUT2D eigenvalue weighted by molar-refractivity contribution is 5.94. The van der Waals surface area contributed by atoms with E-state index < -0.39 is 29.7 Å². The van der Waals surface area contributed by atoms with Crippen LogP contribution in [0.1, 0.15) is 15.9 Å². The van der Waals surface area contributed by atoms with Crippen LogP contribution in [0.4, 0.5) is 17.6 Å². The van der Waals surface area contributed by atoms with Crippen LogP contribution in [-0.2, 0) is 10.9 Å². The molecule has 0 radical (unpaired) electrons. The Morgan fingerprint density at radius 1 is 1.30 bits per heavy atom. The minimum absolute atomic E-state index is 0.00774. The van der Waals surface area contributed by atoms with Crippen molar-refractivity contribution in [3.63, 3.8) is 0 Å². The molecule has 1 unspecified atom stereocenters. The summed E-state index contributed by atoms with van der Waals surface area (Å²) in [7, 11) is 0. The van der Waals surface area contributed by atoms with Gasteiger partial charge < -0.3 is 14.4 Å². The molecule has 1 atom stereocenters. The molecule has 3 rings (SSSR count). The van der Waals surface area contributed by atoms with Crippen molar-refractivity contribution in [1.29, 1.82) is 0 Å². The maximum Gasteiger partial charge on any atom is 0.417 e. The maximum absolute atomic E-state index is 13.7. The van der Waals surface area contributed by atoms with Gasteiger partial charge in [0, 0.05) is 25.0 Å². The SMILES string of the molecule is O=C(c1cccnc1F)N1CCOC(COc2ccc(C(F)(F)F)cn2)C1. The van der Waals surface area contributed by atoms with Crippen LogP contribution in [0.2, 0.25) is 0 Å². The molecule has 0 saturated carbocycles. The molecular weight excluding hydrogens is 370 g/mol. The van der Waals surface area contributed by atoms with Crippen LogP contribution < -0.4 is 4.74 Å². The van der Waals surface area contributed by atoms with Crippen molar-refractivity contribution in [2.75, 3.05) is 26.3 Å². The summed E-state index contributed by atoms with van der Waals surface area (Å²) in [6.07, 6.45) is -3.07. The monoisotopic (exact) mass is 385 g/mol. The van der Waals surface area contributed by atoms with Gasteiger partial charge in [0.25, 0.3) is 5.91 Å². The number of amides is 1. The highest BCUT2D eigenvalue weighted by Crippen LogP contribution is 2.29. The number of aromatic nitrogens is 2. The number of ether oxygens (including phenoxy) is 2. The van der Waals surface area contributed by atoms with Crippen molar-refractivity contribution in [2.45, 2.75) is 12.3 Å². The molecule has 1 amide bonds. The third kappa shape index (κ3) is 4.70. The van der Waals surface area contributed by atoms with Crippen LogP contribution >= 0.6 is 0 Å². The maximum atomic E-state index is 13.7. The highest BCUT2D eigenvalue weighted by atomic mass is 19.4. The summed E-state index contributed by atoms with van der Waals surface area (Å²) in [6.45, 7) is 0.635. The Bertz CT molecular complexity index is 799. The van der Waals surface area contributed by atoms with Gasteiger partial charge in [-0.1, -0.05) is 0 Å². The zero-order valence-corrected chi connectivity index (χ0v) is 13.9. The Morgan fingerprint density at radius 3 is 2.78 bits per heavy atom. The number of carbonyl (C=O) groups excluding carboxylic acids is 1. The number of carbonyl (C=O) groups is 1. The lowest BCUT2D eigenvalue weighted by atomic mass is 10.2. The van der Waals surface area contributed by atoms with Crippen LogP contribution in [0.5, 0.6) is 5.88 Å². The number of halogens is 4. The van der Waals surface area contributed by atoms with Gasteiger partial charge in [0.15, 0.2) is 0 Å². The quantitative estimate of drug-likeness (QED) is 0.598. The van der Waals surface area contributed by atoms with E-state index in [0.717, 1.165) is 12.1 Å². The minimum atomic E-state index is -4.47. The molecule has 3 heterocycles. The molecule has 144 valence electrons. The van der Waals surface area contributed by atoms with E-state index in [0.29, 0.717) is 6.20 Å². The van der Waals surface area contributed by atoms with Gasteiger partial charge in [0.05, 0.1) is 24.3 Å². The van der Waals surface area contributed by atoms with Gasteiger partial charge in [-0.25, -0.2) is 9.97 Å². The molecule has 1 aliphatic rings. The normalized spacial score (nSPS) is 17.6. The second kappa shape index (κ2) is 7.87. The van der Waals surface area contributed by atoms with Crippen LogP contribution in [0.25, 0.3) is 0 Å². The number of rotatable bonds is 4. The van der Waals surface area contributed by atoms with E-state index in [1.54, 1.807) is 0 Å². The van der Waals surface area contributed by atoms with Gasteiger partial charge >= 0.3 is 6.18 Å². The standard InChI is InChI=1S/C17H15F4N3O3/c18-15-13(2-1-5-22-15)16(25)24-6-7-26-12(9-24)10-27-14-4-3-11(8-23-14)17(19,20)21/h1-5,8,12H,6-7,9-10H2. The Morgan fingerprint density at radius 2 is 2.11 bits per heavy atom. The Kier molecular flexibility index (Phi) is 5.54. The summed E-state index contributed by atoms with van der Waals surface area (Å²) in [4.78, 5) is 20.9. The summed E-state index contributed by atoms with van der Waals surface area (Å²) in [5, 5.41) is 0. The molecule has 0 N–H and O–H groups in total. The van der Waals surface area contributed by atoms with Crippen molar-refractivity contribution in [3.8, 4) is 5.88 Å². The van der Waals surface area contributed by atoms with Crippen molar-refractivity contribution in [2.24, 2.45) is 0 Å². The van der Waals surface area contributed by atoms with E-state index >= 15 is 0 Å². The Labute approximate surface area is 151 Å². The number of nitrogens with zero attached hydrogens (tertiary/aromatic N) is 3. The fourth-order valence-corrected chi connectivity index (χ4v) is 2.53. The molecule has 0 aromatic carbocycles. The van der Waals surface area contributed by atoms with Crippen LogP contribution in [-0.4, -0.2) is 53.2 Å². The van der Waals surface area contributed by atoms with E-state index in [9.17, 15) is 22.4 Å². The largest absolute Gasteiger partial charge is 0.475 e. The average molecular weight is 385 g/mol. The summed E-state index contributed by atoms with van der Waals surface area (Å²) in [5.74, 6) is -1.36. The molecule has 2 aromatic rings. The molecule has 27 heavy (non-hydrogen) atoms. The first-order valence-electron chi connectivity index (χ1n) is 8.02. The van der Waals surface area contributed by atoms with Gasteiger partial charge in [-0.15, -0.1) is 0 Å². The smallest absolute Gasteiger partial charge is 0.417 e. The number of hydrogen-bond acceptors (Lipinski definition) is 5. The second-order valence-corrected chi connectivity index (χ2v) is 5.78. The Hall–Kier alpha value is -2.75. The topological polar surface area (TPSA) is 64.6 Å². The van der Waals surface area contributed by atoms with Gasteiger partial charge in [-0.05, 0) is 18.2 Å². The third-order valence-corrected chi connectivity index (χ3v) is 3.90. The van der Waals surface area contributed by atoms with Crippen LogP contribution in [0, 0.1) is 5.95 Å². The highest BCUT2D eigenvalue weighted by Gasteiger charge is 2.31. The zero-order valence-electron chi connectivity index (χ0n) is 13.9. The van der Waals surface area contributed by atoms with Gasteiger partial charge in [0.1, 0.15) is 12.7 Å². The fraction of sp³-hybridized carbons (Fsp3) is 0.353. The van der Waals surface area contributed by atoms with Crippen molar-refractivity contribution < 1.29 is 31.8 Å². The van der Waals surface area contributed by atoms with Crippen LogP contribution in [0.15, 0.2) is 36.7 Å². The first kappa shape index (κ1) is 19.0. The lowest BCUT2D eigenvalue weighted by Gasteiger charge is -2.32. The van der Waals surface area contributed by atoms with Crippen LogP contribution in [0.3, 0.4) is 0 Å². The average Bonchev–Trinajstić information content (AvgIpc) is 2.66. The molecule has 0 bridgehead atoms.